The Bertz CT molecular complexity index is 525. The van der Waals surface area contributed by atoms with Crippen LogP contribution in [0.15, 0.2) is 18.2 Å². The minimum Gasteiger partial charge on any atom is -0.481 e. The van der Waals surface area contributed by atoms with Gasteiger partial charge in [-0.2, -0.15) is 5.26 Å². The molecule has 100 valence electrons. The van der Waals surface area contributed by atoms with E-state index in [1.54, 1.807) is 0 Å². The maximum atomic E-state index is 13.8. The summed E-state index contributed by atoms with van der Waals surface area (Å²) in [7, 11) is 0. The summed E-state index contributed by atoms with van der Waals surface area (Å²) in [6, 6.07) is 5.77. The maximum Gasteiger partial charge on any atom is 0.308 e. The number of nitriles is 1. The molecular formula is C14H15FN2O2. The van der Waals surface area contributed by atoms with Gasteiger partial charge in [-0.3, -0.25) is 4.79 Å². The van der Waals surface area contributed by atoms with Crippen LogP contribution in [0.1, 0.15) is 31.2 Å². The molecule has 0 saturated heterocycles. The molecule has 1 aromatic carbocycles. The van der Waals surface area contributed by atoms with Gasteiger partial charge in [0.1, 0.15) is 5.82 Å². The molecule has 5 heteroatoms. The highest BCUT2D eigenvalue weighted by Gasteiger charge is 2.31. The Morgan fingerprint density at radius 3 is 2.79 bits per heavy atom. The Labute approximate surface area is 110 Å². The number of hydrogen-bond donors (Lipinski definition) is 2. The lowest BCUT2D eigenvalue weighted by molar-refractivity contribution is -0.143. The highest BCUT2D eigenvalue weighted by atomic mass is 19.1. The second kappa shape index (κ2) is 5.70. The van der Waals surface area contributed by atoms with Crippen molar-refractivity contribution in [3.63, 3.8) is 0 Å². The van der Waals surface area contributed by atoms with E-state index < -0.39 is 17.7 Å². The Balaban J connectivity index is 2.15. The SMILES string of the molecule is N#Cc1ccc(NC2CCCCC2C(=O)O)c(F)c1. The first-order valence-corrected chi connectivity index (χ1v) is 6.31. The zero-order chi connectivity index (χ0) is 13.8. The van der Waals surface area contributed by atoms with Gasteiger partial charge >= 0.3 is 5.97 Å². The lowest BCUT2D eigenvalue weighted by Crippen LogP contribution is -2.37. The molecule has 0 radical (unpaired) electrons. The number of benzene rings is 1. The van der Waals surface area contributed by atoms with Crippen LogP contribution in [0, 0.1) is 23.1 Å². The number of nitrogens with zero attached hydrogens (tertiary/aromatic N) is 1. The van der Waals surface area contributed by atoms with Gasteiger partial charge in [-0.25, -0.2) is 4.39 Å². The van der Waals surface area contributed by atoms with Crippen LogP contribution in [0.25, 0.3) is 0 Å². The lowest BCUT2D eigenvalue weighted by Gasteiger charge is -2.30. The molecule has 0 spiro atoms. The van der Waals surface area contributed by atoms with E-state index in [0.717, 1.165) is 25.3 Å². The van der Waals surface area contributed by atoms with Gasteiger partial charge < -0.3 is 10.4 Å². The van der Waals surface area contributed by atoms with Crippen LogP contribution in [-0.4, -0.2) is 17.1 Å². The third-order valence-electron chi connectivity index (χ3n) is 3.52. The Morgan fingerprint density at radius 2 is 2.16 bits per heavy atom. The quantitative estimate of drug-likeness (QED) is 0.878. The van der Waals surface area contributed by atoms with E-state index in [2.05, 4.69) is 5.32 Å². The van der Waals surface area contributed by atoms with Gasteiger partial charge in [-0.05, 0) is 31.0 Å². The van der Waals surface area contributed by atoms with Crippen molar-refractivity contribution >= 4 is 11.7 Å². The molecule has 0 aromatic heterocycles. The fourth-order valence-electron chi connectivity index (χ4n) is 2.50. The zero-order valence-corrected chi connectivity index (χ0v) is 10.4. The molecule has 0 amide bonds. The smallest absolute Gasteiger partial charge is 0.308 e. The molecule has 2 rings (SSSR count). The Morgan fingerprint density at radius 1 is 1.42 bits per heavy atom. The number of rotatable bonds is 3. The molecule has 1 aliphatic rings. The van der Waals surface area contributed by atoms with E-state index >= 15 is 0 Å². The summed E-state index contributed by atoms with van der Waals surface area (Å²) in [5.74, 6) is -1.84. The number of aliphatic carboxylic acids is 1. The zero-order valence-electron chi connectivity index (χ0n) is 10.4. The highest BCUT2D eigenvalue weighted by Crippen LogP contribution is 2.28. The average Bonchev–Trinajstić information content (AvgIpc) is 2.41. The summed E-state index contributed by atoms with van der Waals surface area (Å²) >= 11 is 0. The molecule has 2 N–H and O–H groups in total. The molecule has 0 bridgehead atoms. The number of nitrogens with one attached hydrogen (secondary N) is 1. The summed E-state index contributed by atoms with van der Waals surface area (Å²) < 4.78 is 13.8. The molecule has 2 atom stereocenters. The summed E-state index contributed by atoms with van der Waals surface area (Å²) in [6.07, 6.45) is 3.17. The molecule has 4 nitrogen and oxygen atoms in total. The third-order valence-corrected chi connectivity index (χ3v) is 3.52. The van der Waals surface area contributed by atoms with Crippen LogP contribution in [0.5, 0.6) is 0 Å². The highest BCUT2D eigenvalue weighted by molar-refractivity contribution is 5.72. The van der Waals surface area contributed by atoms with Crippen LogP contribution in [-0.2, 0) is 4.79 Å². The van der Waals surface area contributed by atoms with Crippen LogP contribution < -0.4 is 5.32 Å². The lowest BCUT2D eigenvalue weighted by atomic mass is 9.84. The number of hydrogen-bond acceptors (Lipinski definition) is 3. The number of anilines is 1. The molecule has 1 saturated carbocycles. The monoisotopic (exact) mass is 262 g/mol. The first-order chi connectivity index (χ1) is 9.11. The first kappa shape index (κ1) is 13.3. The normalized spacial score (nSPS) is 22.5. The molecule has 1 aliphatic carbocycles. The van der Waals surface area contributed by atoms with Gasteiger partial charge in [0, 0.05) is 6.04 Å². The summed E-state index contributed by atoms with van der Waals surface area (Å²) in [5.41, 5.74) is 0.513. The Hall–Kier alpha value is -2.09. The van der Waals surface area contributed by atoms with Crippen molar-refractivity contribution in [3.05, 3.63) is 29.6 Å². The molecule has 2 unspecified atom stereocenters. The minimum atomic E-state index is -0.841. The van der Waals surface area contributed by atoms with E-state index in [9.17, 15) is 9.18 Å². The van der Waals surface area contributed by atoms with E-state index in [1.807, 2.05) is 6.07 Å². The van der Waals surface area contributed by atoms with Crippen molar-refractivity contribution in [1.29, 1.82) is 5.26 Å². The first-order valence-electron chi connectivity index (χ1n) is 6.31. The van der Waals surface area contributed by atoms with Crippen LogP contribution in [0.3, 0.4) is 0 Å². The largest absolute Gasteiger partial charge is 0.481 e. The molecule has 0 aliphatic heterocycles. The van der Waals surface area contributed by atoms with E-state index in [1.165, 1.54) is 12.1 Å². The van der Waals surface area contributed by atoms with Crippen molar-refractivity contribution in [2.24, 2.45) is 5.92 Å². The summed E-state index contributed by atoms with van der Waals surface area (Å²) in [5, 5.41) is 20.8. The fraction of sp³-hybridized carbons (Fsp3) is 0.429. The van der Waals surface area contributed by atoms with E-state index in [4.69, 9.17) is 10.4 Å². The van der Waals surface area contributed by atoms with Gasteiger partial charge in [0.05, 0.1) is 23.2 Å². The number of halogens is 1. The Kier molecular flexibility index (Phi) is 4.00. The second-order valence-corrected chi connectivity index (χ2v) is 4.79. The third kappa shape index (κ3) is 3.02. The standard InChI is InChI=1S/C14H15FN2O2/c15-11-7-9(8-16)5-6-13(11)17-12-4-2-1-3-10(12)14(18)19/h5-7,10,12,17H,1-4H2,(H,18,19). The summed E-state index contributed by atoms with van der Waals surface area (Å²) in [6.45, 7) is 0. The fourth-order valence-corrected chi connectivity index (χ4v) is 2.50. The summed E-state index contributed by atoms with van der Waals surface area (Å²) in [4.78, 5) is 11.2. The predicted octanol–water partition coefficient (Wildman–Crippen LogP) is 2.75. The van der Waals surface area contributed by atoms with Gasteiger partial charge in [-0.15, -0.1) is 0 Å². The molecule has 1 fully saturated rings. The van der Waals surface area contributed by atoms with E-state index in [0.29, 0.717) is 6.42 Å². The van der Waals surface area contributed by atoms with Gasteiger partial charge in [0.2, 0.25) is 0 Å². The molecular weight excluding hydrogens is 247 g/mol. The number of carboxylic acids is 1. The molecule has 1 aromatic rings. The van der Waals surface area contributed by atoms with Gasteiger partial charge in [0.25, 0.3) is 0 Å². The number of carboxylic acid groups (broad SMARTS) is 1. The number of carbonyl (C=O) groups is 1. The average molecular weight is 262 g/mol. The minimum absolute atomic E-state index is 0.251. The second-order valence-electron chi connectivity index (χ2n) is 4.79. The molecule has 0 heterocycles. The van der Waals surface area contributed by atoms with Crippen molar-refractivity contribution in [2.45, 2.75) is 31.7 Å². The predicted molar refractivity (Wildman–Crippen MR) is 68.1 cm³/mol. The van der Waals surface area contributed by atoms with E-state index in [-0.39, 0.29) is 17.3 Å². The van der Waals surface area contributed by atoms with Crippen molar-refractivity contribution in [1.82, 2.24) is 0 Å². The van der Waals surface area contributed by atoms with Crippen molar-refractivity contribution in [2.75, 3.05) is 5.32 Å². The van der Waals surface area contributed by atoms with Crippen molar-refractivity contribution < 1.29 is 14.3 Å². The van der Waals surface area contributed by atoms with Gasteiger partial charge in [0.15, 0.2) is 0 Å². The van der Waals surface area contributed by atoms with Crippen molar-refractivity contribution in [3.8, 4) is 6.07 Å². The van der Waals surface area contributed by atoms with Crippen LogP contribution in [0.2, 0.25) is 0 Å². The maximum absolute atomic E-state index is 13.8. The van der Waals surface area contributed by atoms with Crippen LogP contribution in [0.4, 0.5) is 10.1 Å². The van der Waals surface area contributed by atoms with Crippen LogP contribution >= 0.6 is 0 Å². The van der Waals surface area contributed by atoms with Gasteiger partial charge in [-0.1, -0.05) is 12.8 Å². The molecule has 19 heavy (non-hydrogen) atoms. The topological polar surface area (TPSA) is 73.1 Å².